The summed E-state index contributed by atoms with van der Waals surface area (Å²) in [6, 6.07) is 5.36. The summed E-state index contributed by atoms with van der Waals surface area (Å²) in [6.07, 6.45) is 1.80. The number of nitrogens with zero attached hydrogens (tertiary/aromatic N) is 1. The molecular weight excluding hydrogens is 407 g/mol. The fourth-order valence-corrected chi connectivity index (χ4v) is 2.09. The first-order valence-electron chi connectivity index (χ1n) is 7.62. The summed E-state index contributed by atoms with van der Waals surface area (Å²) >= 11 is 0. The Hall–Kier alpha value is -3.70. The molecule has 0 aliphatic heterocycles. The first kappa shape index (κ1) is 21.6. The standard InChI is InChI=1S/C17H11F5N2O5/c18-12-5-3-10(24(26)27)7-13(12)23-15(25)6-2-9-1-4-11(28-16(19)20)8-14(9)29-17(21)22/h1-8,16-17H,(H,23,25)/b6-2+. The average molecular weight is 418 g/mol. The predicted molar refractivity (Wildman–Crippen MR) is 90.4 cm³/mol. The van der Waals surface area contributed by atoms with Gasteiger partial charge in [-0.2, -0.15) is 17.6 Å². The molecule has 2 aromatic carbocycles. The van der Waals surface area contributed by atoms with Gasteiger partial charge in [-0.05, 0) is 24.3 Å². The van der Waals surface area contributed by atoms with Gasteiger partial charge in [0, 0.05) is 29.8 Å². The molecule has 0 radical (unpaired) electrons. The smallest absolute Gasteiger partial charge is 0.387 e. The van der Waals surface area contributed by atoms with Crippen LogP contribution in [0.25, 0.3) is 6.08 Å². The van der Waals surface area contributed by atoms with E-state index in [1.165, 1.54) is 0 Å². The minimum Gasteiger partial charge on any atom is -0.435 e. The summed E-state index contributed by atoms with van der Waals surface area (Å²) in [5.74, 6) is -2.88. The van der Waals surface area contributed by atoms with Gasteiger partial charge >= 0.3 is 13.2 Å². The highest BCUT2D eigenvalue weighted by Crippen LogP contribution is 2.28. The van der Waals surface area contributed by atoms with Crippen molar-refractivity contribution in [1.82, 2.24) is 0 Å². The molecule has 0 aromatic heterocycles. The molecular formula is C17H11F5N2O5. The Morgan fingerprint density at radius 2 is 1.76 bits per heavy atom. The lowest BCUT2D eigenvalue weighted by Crippen LogP contribution is -2.10. The molecule has 0 heterocycles. The molecule has 0 fully saturated rings. The predicted octanol–water partition coefficient (Wildman–Crippen LogP) is 4.59. The molecule has 1 N–H and O–H groups in total. The SMILES string of the molecule is O=C(/C=C/c1ccc(OC(F)F)cc1OC(F)F)Nc1cc([N+](=O)[O-])ccc1F. The quantitative estimate of drug-likeness (QED) is 0.293. The zero-order valence-corrected chi connectivity index (χ0v) is 14.2. The lowest BCUT2D eigenvalue weighted by molar-refractivity contribution is -0.384. The second-order valence-corrected chi connectivity index (χ2v) is 5.20. The van der Waals surface area contributed by atoms with E-state index in [-0.39, 0.29) is 5.56 Å². The van der Waals surface area contributed by atoms with Crippen LogP contribution in [0.5, 0.6) is 11.5 Å². The van der Waals surface area contributed by atoms with Crippen LogP contribution in [0.3, 0.4) is 0 Å². The van der Waals surface area contributed by atoms with Gasteiger partial charge in [-0.1, -0.05) is 0 Å². The Kier molecular flexibility index (Phi) is 7.06. The molecule has 0 saturated carbocycles. The van der Waals surface area contributed by atoms with Crippen LogP contribution in [-0.2, 0) is 4.79 Å². The molecule has 12 heteroatoms. The highest BCUT2D eigenvalue weighted by molar-refractivity contribution is 6.02. The van der Waals surface area contributed by atoms with E-state index < -0.39 is 52.7 Å². The number of ether oxygens (including phenoxy) is 2. The minimum atomic E-state index is -3.28. The number of hydrogen-bond donors (Lipinski definition) is 1. The summed E-state index contributed by atoms with van der Waals surface area (Å²) in [5.41, 5.74) is -1.03. The summed E-state index contributed by atoms with van der Waals surface area (Å²) < 4.78 is 71.5. The van der Waals surface area contributed by atoms with Crippen molar-refractivity contribution in [2.24, 2.45) is 0 Å². The van der Waals surface area contributed by atoms with Crippen LogP contribution in [0.2, 0.25) is 0 Å². The molecule has 0 unspecified atom stereocenters. The van der Waals surface area contributed by atoms with Crippen LogP contribution < -0.4 is 14.8 Å². The second-order valence-electron chi connectivity index (χ2n) is 5.20. The van der Waals surface area contributed by atoms with Gasteiger partial charge in [0.15, 0.2) is 0 Å². The van der Waals surface area contributed by atoms with Gasteiger partial charge in [0.05, 0.1) is 10.6 Å². The lowest BCUT2D eigenvalue weighted by Gasteiger charge is -2.11. The molecule has 154 valence electrons. The van der Waals surface area contributed by atoms with Crippen molar-refractivity contribution >= 4 is 23.4 Å². The number of nitrogens with one attached hydrogen (secondary N) is 1. The van der Waals surface area contributed by atoms with Gasteiger partial charge in [-0.15, -0.1) is 0 Å². The van der Waals surface area contributed by atoms with Crippen LogP contribution in [0.1, 0.15) is 5.56 Å². The van der Waals surface area contributed by atoms with Crippen LogP contribution in [0.15, 0.2) is 42.5 Å². The molecule has 2 aromatic rings. The first-order chi connectivity index (χ1) is 13.7. The number of halogens is 5. The number of anilines is 1. The Labute approximate surface area is 159 Å². The van der Waals surface area contributed by atoms with Crippen molar-refractivity contribution in [2.45, 2.75) is 13.2 Å². The Morgan fingerprint density at radius 1 is 1.07 bits per heavy atom. The van der Waals surface area contributed by atoms with Gasteiger partial charge in [0.1, 0.15) is 17.3 Å². The molecule has 0 saturated heterocycles. The summed E-state index contributed by atoms with van der Waals surface area (Å²) in [7, 11) is 0. The van der Waals surface area contributed by atoms with Gasteiger partial charge in [0.2, 0.25) is 5.91 Å². The molecule has 0 atom stereocenters. The molecule has 7 nitrogen and oxygen atoms in total. The molecule has 2 rings (SSSR count). The third kappa shape index (κ3) is 6.45. The number of non-ortho nitro benzene ring substituents is 1. The van der Waals surface area contributed by atoms with Crippen LogP contribution in [0.4, 0.5) is 33.3 Å². The number of hydrogen-bond acceptors (Lipinski definition) is 5. The third-order valence-corrected chi connectivity index (χ3v) is 3.26. The number of carbonyl (C=O) groups is 1. The minimum absolute atomic E-state index is 0.0958. The third-order valence-electron chi connectivity index (χ3n) is 3.26. The number of carbonyl (C=O) groups excluding carboxylic acids is 1. The number of alkyl halides is 4. The topological polar surface area (TPSA) is 90.7 Å². The van der Waals surface area contributed by atoms with E-state index in [4.69, 9.17) is 0 Å². The van der Waals surface area contributed by atoms with E-state index in [1.54, 1.807) is 0 Å². The van der Waals surface area contributed by atoms with Crippen molar-refractivity contribution in [3.63, 3.8) is 0 Å². The molecule has 0 aliphatic carbocycles. The Bertz CT molecular complexity index is 936. The fraction of sp³-hybridized carbons (Fsp3) is 0.118. The molecule has 1 amide bonds. The number of amides is 1. The summed E-state index contributed by atoms with van der Waals surface area (Å²) in [5, 5.41) is 12.8. The summed E-state index contributed by atoms with van der Waals surface area (Å²) in [6.45, 7) is -6.47. The van der Waals surface area contributed by atoms with Crippen molar-refractivity contribution in [3.8, 4) is 11.5 Å². The van der Waals surface area contributed by atoms with E-state index in [9.17, 15) is 36.9 Å². The monoisotopic (exact) mass is 418 g/mol. The average Bonchev–Trinajstić information content (AvgIpc) is 2.61. The number of nitro groups is 1. The maximum atomic E-state index is 13.7. The normalized spacial score (nSPS) is 11.1. The van der Waals surface area contributed by atoms with Crippen molar-refractivity contribution < 1.29 is 41.1 Å². The van der Waals surface area contributed by atoms with E-state index >= 15 is 0 Å². The first-order valence-corrected chi connectivity index (χ1v) is 7.62. The van der Waals surface area contributed by atoms with Crippen LogP contribution >= 0.6 is 0 Å². The number of rotatable bonds is 8. The molecule has 0 spiro atoms. The molecule has 0 aliphatic rings. The fourth-order valence-electron chi connectivity index (χ4n) is 2.09. The molecule has 0 bridgehead atoms. The highest BCUT2D eigenvalue weighted by atomic mass is 19.3. The van der Waals surface area contributed by atoms with Gasteiger partial charge in [-0.25, -0.2) is 4.39 Å². The highest BCUT2D eigenvalue weighted by Gasteiger charge is 2.14. The van der Waals surface area contributed by atoms with Gasteiger partial charge in [-0.3, -0.25) is 14.9 Å². The van der Waals surface area contributed by atoms with Gasteiger partial charge < -0.3 is 14.8 Å². The van der Waals surface area contributed by atoms with E-state index in [0.717, 1.165) is 48.6 Å². The lowest BCUT2D eigenvalue weighted by atomic mass is 10.1. The van der Waals surface area contributed by atoms with Crippen molar-refractivity contribution in [3.05, 3.63) is 64.0 Å². The van der Waals surface area contributed by atoms with Crippen molar-refractivity contribution in [1.29, 1.82) is 0 Å². The maximum Gasteiger partial charge on any atom is 0.387 e. The van der Waals surface area contributed by atoms with Gasteiger partial charge in [0.25, 0.3) is 5.69 Å². The number of nitro benzene ring substituents is 1. The van der Waals surface area contributed by atoms with E-state index in [1.807, 2.05) is 0 Å². The maximum absolute atomic E-state index is 13.7. The van der Waals surface area contributed by atoms with E-state index in [2.05, 4.69) is 14.8 Å². The Morgan fingerprint density at radius 3 is 2.38 bits per heavy atom. The zero-order valence-electron chi connectivity index (χ0n) is 14.2. The molecule has 29 heavy (non-hydrogen) atoms. The largest absolute Gasteiger partial charge is 0.435 e. The van der Waals surface area contributed by atoms with E-state index in [0.29, 0.717) is 0 Å². The Balaban J connectivity index is 2.20. The van der Waals surface area contributed by atoms with Crippen LogP contribution in [-0.4, -0.2) is 24.1 Å². The number of benzene rings is 2. The summed E-state index contributed by atoms with van der Waals surface area (Å²) in [4.78, 5) is 21.8. The zero-order chi connectivity index (χ0) is 21.6. The van der Waals surface area contributed by atoms with Crippen molar-refractivity contribution in [2.75, 3.05) is 5.32 Å². The van der Waals surface area contributed by atoms with Crippen LogP contribution in [0, 0.1) is 15.9 Å². The second kappa shape index (κ2) is 9.48.